The molecule has 0 atom stereocenters. The lowest BCUT2D eigenvalue weighted by molar-refractivity contribution is -0.169. The highest BCUT2D eigenvalue weighted by Crippen LogP contribution is 2.35. The van der Waals surface area contributed by atoms with E-state index in [0.717, 1.165) is 32.1 Å². The third-order valence-corrected chi connectivity index (χ3v) is 3.03. The summed E-state index contributed by atoms with van der Waals surface area (Å²) in [6, 6.07) is 0. The fourth-order valence-corrected chi connectivity index (χ4v) is 2.02. The van der Waals surface area contributed by atoms with Gasteiger partial charge in [-0.15, -0.1) is 0 Å². The van der Waals surface area contributed by atoms with Crippen LogP contribution in [0.3, 0.4) is 0 Å². The van der Waals surface area contributed by atoms with Gasteiger partial charge in [0, 0.05) is 0 Å². The van der Waals surface area contributed by atoms with Gasteiger partial charge in [-0.05, 0) is 32.1 Å². The Morgan fingerprint density at radius 1 is 1.35 bits per heavy atom. The van der Waals surface area contributed by atoms with Gasteiger partial charge in [0.15, 0.2) is 6.61 Å². The van der Waals surface area contributed by atoms with Crippen LogP contribution in [0.25, 0.3) is 0 Å². The van der Waals surface area contributed by atoms with Crippen LogP contribution in [-0.2, 0) is 19.1 Å². The maximum absolute atomic E-state index is 12.3. The molecule has 0 unspecified atom stereocenters. The Kier molecular flexibility index (Phi) is 4.66. The van der Waals surface area contributed by atoms with Crippen molar-refractivity contribution in [2.75, 3.05) is 6.61 Å². The standard InChI is InChI=1S/C12H17FO4/c1-3-12(6-4-5-7-12)17-10(14)8-16-11(15)9(2)13/h2-8H2,1H3. The molecule has 1 rings (SSSR count). The van der Waals surface area contributed by atoms with Crippen molar-refractivity contribution in [1.29, 1.82) is 0 Å². The fourth-order valence-electron chi connectivity index (χ4n) is 2.02. The lowest BCUT2D eigenvalue weighted by atomic mass is 9.99. The molecule has 0 aromatic carbocycles. The Morgan fingerprint density at radius 2 is 1.94 bits per heavy atom. The van der Waals surface area contributed by atoms with E-state index in [4.69, 9.17) is 4.74 Å². The van der Waals surface area contributed by atoms with Crippen LogP contribution >= 0.6 is 0 Å². The molecular weight excluding hydrogens is 227 g/mol. The van der Waals surface area contributed by atoms with Crippen molar-refractivity contribution >= 4 is 11.9 Å². The third-order valence-electron chi connectivity index (χ3n) is 3.03. The molecule has 0 aromatic heterocycles. The van der Waals surface area contributed by atoms with Crippen LogP contribution in [0.5, 0.6) is 0 Å². The van der Waals surface area contributed by atoms with E-state index in [1.54, 1.807) is 0 Å². The first-order valence-electron chi connectivity index (χ1n) is 5.72. The zero-order valence-corrected chi connectivity index (χ0v) is 9.96. The summed E-state index contributed by atoms with van der Waals surface area (Å²) >= 11 is 0. The fraction of sp³-hybridized carbons (Fsp3) is 0.667. The van der Waals surface area contributed by atoms with Crippen molar-refractivity contribution in [2.24, 2.45) is 0 Å². The van der Waals surface area contributed by atoms with E-state index in [1.165, 1.54) is 0 Å². The van der Waals surface area contributed by atoms with Crippen LogP contribution in [0.1, 0.15) is 39.0 Å². The number of rotatable bonds is 5. The Hall–Kier alpha value is -1.39. The summed E-state index contributed by atoms with van der Waals surface area (Å²) in [5, 5.41) is 0. The lowest BCUT2D eigenvalue weighted by Crippen LogP contribution is -2.33. The second-order valence-electron chi connectivity index (χ2n) is 4.20. The predicted octanol–water partition coefficient (Wildman–Crippen LogP) is 2.28. The third kappa shape index (κ3) is 3.84. The minimum absolute atomic E-state index is 0.420. The molecule has 0 heterocycles. The topological polar surface area (TPSA) is 52.6 Å². The van der Waals surface area contributed by atoms with Gasteiger partial charge in [0.25, 0.3) is 0 Å². The Balaban J connectivity index is 2.38. The first kappa shape index (κ1) is 13.7. The van der Waals surface area contributed by atoms with Crippen molar-refractivity contribution in [3.63, 3.8) is 0 Å². The molecule has 5 heteroatoms. The summed E-state index contributed by atoms with van der Waals surface area (Å²) in [4.78, 5) is 22.2. The summed E-state index contributed by atoms with van der Waals surface area (Å²) in [6.07, 6.45) is 4.46. The number of hydrogen-bond acceptors (Lipinski definition) is 4. The van der Waals surface area contributed by atoms with Crippen LogP contribution in [0.2, 0.25) is 0 Å². The summed E-state index contributed by atoms with van der Waals surface area (Å²) in [5.41, 5.74) is -0.420. The molecule has 0 spiro atoms. The van der Waals surface area contributed by atoms with Crippen LogP contribution in [0, 0.1) is 0 Å². The number of carbonyl (C=O) groups is 2. The molecule has 4 nitrogen and oxygen atoms in total. The molecule has 0 radical (unpaired) electrons. The van der Waals surface area contributed by atoms with Crippen molar-refractivity contribution in [3.8, 4) is 0 Å². The highest BCUT2D eigenvalue weighted by atomic mass is 19.1. The number of hydrogen-bond donors (Lipinski definition) is 0. The molecule has 1 fully saturated rings. The van der Waals surface area contributed by atoms with Gasteiger partial charge >= 0.3 is 11.9 Å². The van der Waals surface area contributed by atoms with E-state index in [1.807, 2.05) is 6.92 Å². The van der Waals surface area contributed by atoms with E-state index < -0.39 is 30.0 Å². The van der Waals surface area contributed by atoms with Gasteiger partial charge in [0.1, 0.15) is 5.60 Å². The van der Waals surface area contributed by atoms with E-state index in [9.17, 15) is 14.0 Å². The molecule has 0 bridgehead atoms. The average Bonchev–Trinajstić information content (AvgIpc) is 2.75. The quantitative estimate of drug-likeness (QED) is 0.550. The van der Waals surface area contributed by atoms with Gasteiger partial charge in [-0.1, -0.05) is 13.5 Å². The molecular formula is C12H17FO4. The molecule has 1 aliphatic rings. The molecule has 0 aliphatic heterocycles. The number of esters is 2. The molecule has 0 aromatic rings. The van der Waals surface area contributed by atoms with E-state index in [0.29, 0.717) is 0 Å². The summed E-state index contributed by atoms with van der Waals surface area (Å²) in [6.45, 7) is 4.16. The minimum atomic E-state index is -1.22. The number of halogens is 1. The maximum atomic E-state index is 12.3. The summed E-state index contributed by atoms with van der Waals surface area (Å²) in [5.74, 6) is -3.08. The summed E-state index contributed by atoms with van der Waals surface area (Å²) < 4.78 is 22.0. The SMILES string of the molecule is C=C(F)C(=O)OCC(=O)OC1(CC)CCCC1. The first-order valence-corrected chi connectivity index (χ1v) is 5.72. The zero-order valence-electron chi connectivity index (χ0n) is 9.96. The van der Waals surface area contributed by atoms with E-state index in [-0.39, 0.29) is 0 Å². The molecule has 1 aliphatic carbocycles. The highest BCUT2D eigenvalue weighted by molar-refractivity contribution is 5.87. The summed E-state index contributed by atoms with van der Waals surface area (Å²) in [7, 11) is 0. The Labute approximate surface area is 99.8 Å². The molecule has 1 saturated carbocycles. The highest BCUT2D eigenvalue weighted by Gasteiger charge is 2.36. The van der Waals surface area contributed by atoms with E-state index in [2.05, 4.69) is 11.3 Å². The maximum Gasteiger partial charge on any atom is 0.367 e. The van der Waals surface area contributed by atoms with E-state index >= 15 is 0 Å². The number of ether oxygens (including phenoxy) is 2. The minimum Gasteiger partial charge on any atom is -0.457 e. The lowest BCUT2D eigenvalue weighted by Gasteiger charge is -2.27. The van der Waals surface area contributed by atoms with Crippen LogP contribution in [0.4, 0.5) is 4.39 Å². The molecule has 0 N–H and O–H groups in total. The number of carbonyl (C=O) groups excluding carboxylic acids is 2. The van der Waals surface area contributed by atoms with Crippen LogP contribution in [-0.4, -0.2) is 24.1 Å². The van der Waals surface area contributed by atoms with Gasteiger partial charge < -0.3 is 9.47 Å². The van der Waals surface area contributed by atoms with Crippen molar-refractivity contribution < 1.29 is 23.5 Å². The second-order valence-corrected chi connectivity index (χ2v) is 4.20. The normalized spacial score (nSPS) is 17.5. The van der Waals surface area contributed by atoms with Gasteiger partial charge in [-0.2, -0.15) is 4.39 Å². The Bertz CT molecular complexity index is 318. The molecule has 96 valence electrons. The van der Waals surface area contributed by atoms with Gasteiger partial charge in [0.2, 0.25) is 5.83 Å². The Morgan fingerprint density at radius 3 is 2.41 bits per heavy atom. The monoisotopic (exact) mass is 244 g/mol. The molecule has 0 saturated heterocycles. The van der Waals surface area contributed by atoms with Gasteiger partial charge in [-0.25, -0.2) is 9.59 Å². The first-order chi connectivity index (χ1) is 7.99. The van der Waals surface area contributed by atoms with Gasteiger partial charge in [-0.3, -0.25) is 0 Å². The van der Waals surface area contributed by atoms with Crippen molar-refractivity contribution in [3.05, 3.63) is 12.4 Å². The smallest absolute Gasteiger partial charge is 0.367 e. The molecule has 0 amide bonds. The predicted molar refractivity (Wildman–Crippen MR) is 58.8 cm³/mol. The largest absolute Gasteiger partial charge is 0.457 e. The second kappa shape index (κ2) is 5.80. The van der Waals surface area contributed by atoms with Crippen LogP contribution < -0.4 is 0 Å². The van der Waals surface area contributed by atoms with Crippen LogP contribution in [0.15, 0.2) is 12.4 Å². The van der Waals surface area contributed by atoms with Crippen molar-refractivity contribution in [2.45, 2.75) is 44.6 Å². The van der Waals surface area contributed by atoms with Crippen molar-refractivity contribution in [1.82, 2.24) is 0 Å². The zero-order chi connectivity index (χ0) is 12.9. The average molecular weight is 244 g/mol. The molecule has 17 heavy (non-hydrogen) atoms. The van der Waals surface area contributed by atoms with Gasteiger partial charge in [0.05, 0.1) is 0 Å².